The van der Waals surface area contributed by atoms with Crippen LogP contribution in [0.15, 0.2) is 53.1 Å². The fraction of sp³-hybridized carbons (Fsp3) is 0.250. The molecule has 0 aliphatic rings. The van der Waals surface area contributed by atoms with Crippen LogP contribution in [0.25, 0.3) is 11.4 Å². The average molecular weight is 353 g/mol. The number of hydrogen-bond donors (Lipinski definition) is 1. The van der Waals surface area contributed by atoms with Crippen molar-refractivity contribution in [1.29, 1.82) is 0 Å². The predicted octanol–water partition coefficient (Wildman–Crippen LogP) is 3.48. The predicted molar refractivity (Wildman–Crippen MR) is 95.9 cm³/mol. The lowest BCUT2D eigenvalue weighted by molar-refractivity contribution is -0.121. The number of benzene rings is 2. The summed E-state index contributed by atoms with van der Waals surface area (Å²) >= 11 is 0. The highest BCUT2D eigenvalue weighted by Gasteiger charge is 2.11. The van der Waals surface area contributed by atoms with Gasteiger partial charge in [-0.2, -0.15) is 4.98 Å². The maximum Gasteiger partial charge on any atom is 0.227 e. The van der Waals surface area contributed by atoms with Crippen LogP contribution in [0, 0.1) is 12.7 Å². The Morgan fingerprint density at radius 3 is 2.65 bits per heavy atom. The number of hydrogen-bond acceptors (Lipinski definition) is 4. The Balaban J connectivity index is 1.45. The molecule has 0 spiro atoms. The van der Waals surface area contributed by atoms with Gasteiger partial charge in [0.05, 0.1) is 0 Å². The van der Waals surface area contributed by atoms with Gasteiger partial charge in [-0.1, -0.05) is 41.6 Å². The van der Waals surface area contributed by atoms with Crippen LogP contribution in [-0.2, 0) is 17.6 Å². The Kier molecular flexibility index (Phi) is 5.73. The molecule has 0 saturated heterocycles. The summed E-state index contributed by atoms with van der Waals surface area (Å²) in [4.78, 5) is 16.3. The quantitative estimate of drug-likeness (QED) is 0.706. The van der Waals surface area contributed by atoms with E-state index in [-0.39, 0.29) is 18.1 Å². The molecule has 134 valence electrons. The number of aryl methyl sites for hydroxylation is 2. The number of carbonyl (C=O) groups excluding carboxylic acids is 1. The second-order valence-electron chi connectivity index (χ2n) is 6.05. The number of aromatic nitrogens is 2. The van der Waals surface area contributed by atoms with Crippen molar-refractivity contribution in [2.75, 3.05) is 6.54 Å². The SMILES string of the molecule is Cc1ccccc1-c1noc(CCC(=O)NCCc2ccc(F)cc2)n1. The van der Waals surface area contributed by atoms with Gasteiger partial charge in [-0.15, -0.1) is 0 Å². The Hall–Kier alpha value is -3.02. The van der Waals surface area contributed by atoms with Gasteiger partial charge >= 0.3 is 0 Å². The summed E-state index contributed by atoms with van der Waals surface area (Å²) in [7, 11) is 0. The third-order valence-corrected chi connectivity index (χ3v) is 4.07. The fourth-order valence-electron chi connectivity index (χ4n) is 2.60. The number of halogens is 1. The first-order chi connectivity index (χ1) is 12.6. The molecule has 0 unspecified atom stereocenters. The third-order valence-electron chi connectivity index (χ3n) is 4.07. The van der Waals surface area contributed by atoms with Gasteiger partial charge < -0.3 is 9.84 Å². The molecule has 1 heterocycles. The van der Waals surface area contributed by atoms with Crippen molar-refractivity contribution >= 4 is 5.91 Å². The van der Waals surface area contributed by atoms with Crippen LogP contribution in [0.1, 0.15) is 23.4 Å². The molecule has 6 heteroatoms. The molecular formula is C20H20FN3O2. The molecule has 1 N–H and O–H groups in total. The number of amides is 1. The van der Waals surface area contributed by atoms with Gasteiger partial charge in [0.1, 0.15) is 5.82 Å². The molecule has 2 aromatic carbocycles. The maximum absolute atomic E-state index is 12.8. The highest BCUT2D eigenvalue weighted by molar-refractivity contribution is 5.76. The Morgan fingerprint density at radius 2 is 1.88 bits per heavy atom. The standard InChI is InChI=1S/C20H20FN3O2/c1-14-4-2-3-5-17(14)20-23-19(26-24-20)11-10-18(25)22-13-12-15-6-8-16(21)9-7-15/h2-9H,10-13H2,1H3,(H,22,25). The first-order valence-corrected chi connectivity index (χ1v) is 8.51. The zero-order chi connectivity index (χ0) is 18.4. The maximum atomic E-state index is 12.8. The van der Waals surface area contributed by atoms with Crippen LogP contribution < -0.4 is 5.32 Å². The minimum Gasteiger partial charge on any atom is -0.356 e. The highest BCUT2D eigenvalue weighted by Crippen LogP contribution is 2.20. The third kappa shape index (κ3) is 4.75. The molecule has 0 atom stereocenters. The highest BCUT2D eigenvalue weighted by atomic mass is 19.1. The zero-order valence-corrected chi connectivity index (χ0v) is 14.5. The zero-order valence-electron chi connectivity index (χ0n) is 14.5. The molecule has 0 radical (unpaired) electrons. The summed E-state index contributed by atoms with van der Waals surface area (Å²) in [5.74, 6) is 0.636. The minimum absolute atomic E-state index is 0.0808. The molecule has 3 rings (SSSR count). The van der Waals surface area contributed by atoms with E-state index in [1.165, 1.54) is 12.1 Å². The van der Waals surface area contributed by atoms with E-state index in [1.54, 1.807) is 12.1 Å². The van der Waals surface area contributed by atoms with Crippen molar-refractivity contribution in [1.82, 2.24) is 15.5 Å². The van der Waals surface area contributed by atoms with E-state index < -0.39 is 0 Å². The van der Waals surface area contributed by atoms with Gasteiger partial charge in [-0.25, -0.2) is 4.39 Å². The molecular weight excluding hydrogens is 333 g/mol. The molecule has 0 aliphatic carbocycles. The van der Waals surface area contributed by atoms with Gasteiger partial charge in [0.15, 0.2) is 0 Å². The molecule has 26 heavy (non-hydrogen) atoms. The van der Waals surface area contributed by atoms with Crippen molar-refractivity contribution in [2.45, 2.75) is 26.2 Å². The summed E-state index contributed by atoms with van der Waals surface area (Å²) in [5.41, 5.74) is 2.97. The molecule has 1 amide bonds. The minimum atomic E-state index is -0.262. The second kappa shape index (κ2) is 8.38. The largest absolute Gasteiger partial charge is 0.356 e. The molecule has 3 aromatic rings. The average Bonchev–Trinajstić information content (AvgIpc) is 3.11. The number of carbonyl (C=O) groups is 1. The van der Waals surface area contributed by atoms with Crippen LogP contribution in [0.4, 0.5) is 4.39 Å². The van der Waals surface area contributed by atoms with Crippen molar-refractivity contribution in [3.63, 3.8) is 0 Å². The lowest BCUT2D eigenvalue weighted by Crippen LogP contribution is -2.25. The monoisotopic (exact) mass is 353 g/mol. The van der Waals surface area contributed by atoms with E-state index in [4.69, 9.17) is 4.52 Å². The second-order valence-corrected chi connectivity index (χ2v) is 6.05. The van der Waals surface area contributed by atoms with Crippen LogP contribution in [-0.4, -0.2) is 22.6 Å². The smallest absolute Gasteiger partial charge is 0.227 e. The molecule has 0 saturated carbocycles. The van der Waals surface area contributed by atoms with Crippen molar-refractivity contribution < 1.29 is 13.7 Å². The van der Waals surface area contributed by atoms with E-state index in [0.29, 0.717) is 31.1 Å². The van der Waals surface area contributed by atoms with E-state index in [1.807, 2.05) is 31.2 Å². The number of nitrogens with zero attached hydrogens (tertiary/aromatic N) is 2. The van der Waals surface area contributed by atoms with Crippen molar-refractivity contribution in [3.05, 3.63) is 71.4 Å². The van der Waals surface area contributed by atoms with Crippen LogP contribution in [0.2, 0.25) is 0 Å². The summed E-state index contributed by atoms with van der Waals surface area (Å²) in [6.07, 6.45) is 1.32. The summed E-state index contributed by atoms with van der Waals surface area (Å²) in [6.45, 7) is 2.49. The number of nitrogens with one attached hydrogen (secondary N) is 1. The molecule has 0 bridgehead atoms. The van der Waals surface area contributed by atoms with Crippen LogP contribution >= 0.6 is 0 Å². The van der Waals surface area contributed by atoms with Gasteiger partial charge in [-0.3, -0.25) is 4.79 Å². The lowest BCUT2D eigenvalue weighted by atomic mass is 10.1. The van der Waals surface area contributed by atoms with Crippen LogP contribution in [0.3, 0.4) is 0 Å². The summed E-state index contributed by atoms with van der Waals surface area (Å²) < 4.78 is 18.1. The molecule has 5 nitrogen and oxygen atoms in total. The fourth-order valence-corrected chi connectivity index (χ4v) is 2.60. The first-order valence-electron chi connectivity index (χ1n) is 8.51. The van der Waals surface area contributed by atoms with Crippen molar-refractivity contribution in [3.8, 4) is 11.4 Å². The first kappa shape index (κ1) is 17.8. The van der Waals surface area contributed by atoms with E-state index in [9.17, 15) is 9.18 Å². The normalized spacial score (nSPS) is 10.7. The van der Waals surface area contributed by atoms with Crippen molar-refractivity contribution in [2.24, 2.45) is 0 Å². The van der Waals surface area contributed by atoms with Gasteiger partial charge in [0.25, 0.3) is 0 Å². The summed E-state index contributed by atoms with van der Waals surface area (Å²) in [5, 5.41) is 6.83. The Morgan fingerprint density at radius 1 is 1.12 bits per heavy atom. The number of rotatable bonds is 7. The molecule has 1 aromatic heterocycles. The van der Waals surface area contributed by atoms with E-state index in [2.05, 4.69) is 15.5 Å². The lowest BCUT2D eigenvalue weighted by Gasteiger charge is -2.04. The van der Waals surface area contributed by atoms with Gasteiger partial charge in [-0.05, 0) is 36.6 Å². The topological polar surface area (TPSA) is 68.0 Å². The van der Waals surface area contributed by atoms with E-state index >= 15 is 0 Å². The Labute approximate surface area is 151 Å². The van der Waals surface area contributed by atoms with Crippen LogP contribution in [0.5, 0.6) is 0 Å². The van der Waals surface area contributed by atoms with E-state index in [0.717, 1.165) is 16.7 Å². The van der Waals surface area contributed by atoms with Gasteiger partial charge in [0.2, 0.25) is 17.6 Å². The van der Waals surface area contributed by atoms with Gasteiger partial charge in [0, 0.05) is 24.9 Å². The molecule has 0 aliphatic heterocycles. The summed E-state index contributed by atoms with van der Waals surface area (Å²) in [6, 6.07) is 14.1. The Bertz CT molecular complexity index is 875. The molecule has 0 fully saturated rings.